The van der Waals surface area contributed by atoms with Crippen LogP contribution in [-0.2, 0) is 6.42 Å². The molecule has 0 heterocycles. The molecular formula is C10H11. The molecule has 0 spiro atoms. The third kappa shape index (κ3) is 0.756. The molecule has 1 aliphatic rings. The van der Waals surface area contributed by atoms with E-state index in [9.17, 15) is 0 Å². The zero-order valence-electron chi connectivity index (χ0n) is 6.22. The van der Waals surface area contributed by atoms with Gasteiger partial charge in [-0.05, 0) is 36.0 Å². The summed E-state index contributed by atoms with van der Waals surface area (Å²) in [6, 6.07) is 9.45. The van der Waals surface area contributed by atoms with E-state index >= 15 is 0 Å². The van der Waals surface area contributed by atoms with Gasteiger partial charge in [-0.3, -0.25) is 0 Å². The predicted molar refractivity (Wildman–Crippen MR) is 42.0 cm³/mol. The first-order chi connectivity index (χ1) is 4.88. The molecule has 0 fully saturated rings. The number of fused-ring (bicyclic) bond motifs is 1. The van der Waals surface area contributed by atoms with Gasteiger partial charge in [0.1, 0.15) is 0 Å². The molecular weight excluding hydrogens is 120 g/mol. The lowest BCUT2D eigenvalue weighted by Crippen LogP contribution is -1.83. The Bertz CT molecular complexity index is 238. The highest BCUT2D eigenvalue weighted by Gasteiger charge is 2.16. The SMILES string of the molecule is CC1CCc2c[c]ccc21. The fourth-order valence-corrected chi connectivity index (χ4v) is 1.70. The summed E-state index contributed by atoms with van der Waals surface area (Å²) in [4.78, 5) is 0. The summed E-state index contributed by atoms with van der Waals surface area (Å²) in [5.41, 5.74) is 3.05. The molecule has 1 atom stereocenters. The largest absolute Gasteiger partial charge is 0.0584 e. The quantitative estimate of drug-likeness (QED) is 0.507. The first kappa shape index (κ1) is 5.96. The van der Waals surface area contributed by atoms with Gasteiger partial charge in [-0.1, -0.05) is 25.1 Å². The lowest BCUT2D eigenvalue weighted by Gasteiger charge is -2.01. The number of benzene rings is 1. The van der Waals surface area contributed by atoms with Gasteiger partial charge in [0.15, 0.2) is 0 Å². The molecule has 0 aliphatic heterocycles. The van der Waals surface area contributed by atoms with Gasteiger partial charge in [-0.25, -0.2) is 0 Å². The maximum absolute atomic E-state index is 3.11. The van der Waals surface area contributed by atoms with E-state index in [4.69, 9.17) is 0 Å². The lowest BCUT2D eigenvalue weighted by molar-refractivity contribution is 0.747. The van der Waals surface area contributed by atoms with E-state index < -0.39 is 0 Å². The van der Waals surface area contributed by atoms with E-state index in [1.807, 2.05) is 6.07 Å². The third-order valence-electron chi connectivity index (χ3n) is 2.37. The second-order valence-electron chi connectivity index (χ2n) is 3.06. The summed E-state index contributed by atoms with van der Waals surface area (Å²) >= 11 is 0. The highest BCUT2D eigenvalue weighted by molar-refractivity contribution is 5.33. The fraction of sp³-hybridized carbons (Fsp3) is 0.400. The molecule has 0 bridgehead atoms. The van der Waals surface area contributed by atoms with Gasteiger partial charge < -0.3 is 0 Å². The molecule has 0 aromatic heterocycles. The summed E-state index contributed by atoms with van der Waals surface area (Å²) in [6.07, 6.45) is 2.58. The molecule has 51 valence electrons. The van der Waals surface area contributed by atoms with Gasteiger partial charge in [0, 0.05) is 0 Å². The molecule has 0 amide bonds. The van der Waals surface area contributed by atoms with Crippen molar-refractivity contribution in [1.29, 1.82) is 0 Å². The molecule has 0 N–H and O–H groups in total. The van der Waals surface area contributed by atoms with Crippen LogP contribution in [0.1, 0.15) is 30.4 Å². The van der Waals surface area contributed by atoms with E-state index in [0.717, 1.165) is 5.92 Å². The number of hydrogen-bond donors (Lipinski definition) is 0. The molecule has 1 aromatic rings. The van der Waals surface area contributed by atoms with Crippen molar-refractivity contribution >= 4 is 0 Å². The van der Waals surface area contributed by atoms with Crippen LogP contribution >= 0.6 is 0 Å². The predicted octanol–water partition coefficient (Wildman–Crippen LogP) is 2.54. The van der Waals surface area contributed by atoms with Gasteiger partial charge in [0.05, 0.1) is 0 Å². The molecule has 2 rings (SSSR count). The second kappa shape index (κ2) is 2.12. The van der Waals surface area contributed by atoms with Crippen LogP contribution in [0, 0.1) is 6.07 Å². The third-order valence-corrected chi connectivity index (χ3v) is 2.37. The molecule has 10 heavy (non-hydrogen) atoms. The van der Waals surface area contributed by atoms with E-state index in [0.29, 0.717) is 0 Å². The summed E-state index contributed by atoms with van der Waals surface area (Å²) < 4.78 is 0. The van der Waals surface area contributed by atoms with Gasteiger partial charge in [0.25, 0.3) is 0 Å². The lowest BCUT2D eigenvalue weighted by atomic mass is 10.0. The summed E-state index contributed by atoms with van der Waals surface area (Å²) in [6.45, 7) is 2.30. The van der Waals surface area contributed by atoms with Crippen LogP contribution < -0.4 is 0 Å². The Labute approximate surface area is 61.9 Å². The molecule has 1 radical (unpaired) electrons. The zero-order chi connectivity index (χ0) is 6.97. The van der Waals surface area contributed by atoms with Crippen LogP contribution in [0.5, 0.6) is 0 Å². The fourth-order valence-electron chi connectivity index (χ4n) is 1.70. The first-order valence-electron chi connectivity index (χ1n) is 3.87. The van der Waals surface area contributed by atoms with Crippen LogP contribution in [0.4, 0.5) is 0 Å². The van der Waals surface area contributed by atoms with Crippen LogP contribution in [0.3, 0.4) is 0 Å². The molecule has 0 heteroatoms. The van der Waals surface area contributed by atoms with Crippen LogP contribution in [0.25, 0.3) is 0 Å². The molecule has 0 saturated heterocycles. The monoisotopic (exact) mass is 131 g/mol. The molecule has 1 unspecified atom stereocenters. The number of hydrogen-bond acceptors (Lipinski definition) is 0. The van der Waals surface area contributed by atoms with E-state index in [-0.39, 0.29) is 0 Å². The minimum Gasteiger partial charge on any atom is -0.0584 e. The molecule has 1 aliphatic carbocycles. The Hall–Kier alpha value is -0.780. The first-order valence-corrected chi connectivity index (χ1v) is 3.87. The number of aryl methyl sites for hydroxylation is 1. The van der Waals surface area contributed by atoms with Crippen molar-refractivity contribution in [1.82, 2.24) is 0 Å². The smallest absolute Gasteiger partial charge is 0.0181 e. The second-order valence-corrected chi connectivity index (χ2v) is 3.06. The van der Waals surface area contributed by atoms with Crippen LogP contribution in [-0.4, -0.2) is 0 Å². The minimum atomic E-state index is 0.782. The summed E-state index contributed by atoms with van der Waals surface area (Å²) in [5, 5.41) is 0. The topological polar surface area (TPSA) is 0 Å². The molecule has 1 aromatic carbocycles. The van der Waals surface area contributed by atoms with E-state index in [2.05, 4.69) is 25.1 Å². The van der Waals surface area contributed by atoms with Gasteiger partial charge >= 0.3 is 0 Å². The van der Waals surface area contributed by atoms with Crippen molar-refractivity contribution in [3.63, 3.8) is 0 Å². The maximum Gasteiger partial charge on any atom is -0.0181 e. The maximum atomic E-state index is 3.11. The van der Waals surface area contributed by atoms with Crippen LogP contribution in [0.15, 0.2) is 18.2 Å². The Balaban J connectivity index is 2.51. The van der Waals surface area contributed by atoms with Crippen molar-refractivity contribution in [3.8, 4) is 0 Å². The standard InChI is InChI=1S/C10H11/c1-8-6-7-9-4-2-3-5-10(8)9/h3-5,8H,6-7H2,1H3. The van der Waals surface area contributed by atoms with Gasteiger partial charge in [-0.2, -0.15) is 0 Å². The van der Waals surface area contributed by atoms with E-state index in [1.54, 1.807) is 5.56 Å². The minimum absolute atomic E-state index is 0.782. The number of rotatable bonds is 0. The molecule has 0 saturated carbocycles. The normalized spacial score (nSPS) is 22.7. The Kier molecular flexibility index (Phi) is 1.26. The van der Waals surface area contributed by atoms with Crippen LogP contribution in [0.2, 0.25) is 0 Å². The highest BCUT2D eigenvalue weighted by Crippen LogP contribution is 2.31. The Morgan fingerprint density at radius 2 is 2.50 bits per heavy atom. The van der Waals surface area contributed by atoms with Crippen molar-refractivity contribution in [2.75, 3.05) is 0 Å². The van der Waals surface area contributed by atoms with Gasteiger partial charge in [-0.15, -0.1) is 0 Å². The van der Waals surface area contributed by atoms with Crippen molar-refractivity contribution < 1.29 is 0 Å². The highest BCUT2D eigenvalue weighted by atomic mass is 14.2. The zero-order valence-corrected chi connectivity index (χ0v) is 6.22. The van der Waals surface area contributed by atoms with Gasteiger partial charge in [0.2, 0.25) is 0 Å². The average molecular weight is 131 g/mol. The summed E-state index contributed by atoms with van der Waals surface area (Å²) in [5.74, 6) is 0.782. The Morgan fingerprint density at radius 3 is 3.30 bits per heavy atom. The van der Waals surface area contributed by atoms with Crippen molar-refractivity contribution in [2.24, 2.45) is 0 Å². The molecule has 0 nitrogen and oxygen atoms in total. The average Bonchev–Trinajstić information content (AvgIpc) is 2.34. The summed E-state index contributed by atoms with van der Waals surface area (Å²) in [7, 11) is 0. The van der Waals surface area contributed by atoms with Crippen molar-refractivity contribution in [2.45, 2.75) is 25.7 Å². The van der Waals surface area contributed by atoms with Crippen molar-refractivity contribution in [3.05, 3.63) is 35.4 Å². The van der Waals surface area contributed by atoms with E-state index in [1.165, 1.54) is 18.4 Å². The Morgan fingerprint density at radius 1 is 1.60 bits per heavy atom.